The molecule has 0 aromatic carbocycles. The Bertz CT molecular complexity index is 150. The number of hydrogen-bond donors (Lipinski definition) is 1. The highest BCUT2D eigenvalue weighted by atomic mass is 35.5. The van der Waals surface area contributed by atoms with E-state index in [9.17, 15) is 0 Å². The van der Waals surface area contributed by atoms with Gasteiger partial charge in [-0.15, -0.1) is 12.4 Å². The van der Waals surface area contributed by atoms with E-state index >= 15 is 0 Å². The molecule has 2 N–H and O–H groups in total. The summed E-state index contributed by atoms with van der Waals surface area (Å²) in [4.78, 5) is 0. The van der Waals surface area contributed by atoms with Gasteiger partial charge in [-0.25, -0.2) is 0 Å². The molecule has 1 aliphatic heterocycles. The Hall–Kier alpha value is 0.170. The van der Waals surface area contributed by atoms with Gasteiger partial charge >= 0.3 is 0 Å². The van der Waals surface area contributed by atoms with E-state index in [1.807, 2.05) is 0 Å². The van der Waals surface area contributed by atoms with Crippen molar-refractivity contribution in [1.82, 2.24) is 0 Å². The lowest BCUT2D eigenvalue weighted by Gasteiger charge is -2.46. The first-order chi connectivity index (χ1) is 5.35. The van der Waals surface area contributed by atoms with E-state index in [0.29, 0.717) is 13.2 Å². The molecule has 2 rings (SSSR count). The molecule has 0 aromatic heterocycles. The van der Waals surface area contributed by atoms with Gasteiger partial charge < -0.3 is 15.2 Å². The highest BCUT2D eigenvalue weighted by molar-refractivity contribution is 5.85. The summed E-state index contributed by atoms with van der Waals surface area (Å²) in [6.45, 7) is 2.05. The minimum atomic E-state index is 0. The van der Waals surface area contributed by atoms with Crippen molar-refractivity contribution in [3.8, 4) is 0 Å². The van der Waals surface area contributed by atoms with Crippen LogP contribution in [0.5, 0.6) is 0 Å². The molecule has 0 radical (unpaired) electrons. The van der Waals surface area contributed by atoms with Crippen LogP contribution in [0.1, 0.15) is 19.3 Å². The van der Waals surface area contributed by atoms with Gasteiger partial charge in [0.1, 0.15) is 0 Å². The van der Waals surface area contributed by atoms with Gasteiger partial charge in [-0.05, 0) is 19.3 Å². The van der Waals surface area contributed by atoms with E-state index in [2.05, 4.69) is 0 Å². The average Bonchev–Trinajstić information content (AvgIpc) is 2.02. The van der Waals surface area contributed by atoms with Gasteiger partial charge in [0.2, 0.25) is 0 Å². The molecule has 4 heteroatoms. The highest BCUT2D eigenvalue weighted by Gasteiger charge is 2.42. The third kappa shape index (κ3) is 1.74. The Morgan fingerprint density at radius 3 is 2.67 bits per heavy atom. The van der Waals surface area contributed by atoms with Crippen molar-refractivity contribution < 1.29 is 9.47 Å². The van der Waals surface area contributed by atoms with Crippen LogP contribution in [0.3, 0.4) is 0 Å². The minimum absolute atomic E-state index is 0. The molecule has 1 saturated heterocycles. The predicted molar refractivity (Wildman–Crippen MR) is 48.6 cm³/mol. The molecule has 1 aliphatic carbocycles. The van der Waals surface area contributed by atoms with Crippen molar-refractivity contribution in [2.24, 2.45) is 5.73 Å². The van der Waals surface area contributed by atoms with E-state index in [-0.39, 0.29) is 24.1 Å². The molecule has 1 unspecified atom stereocenters. The van der Waals surface area contributed by atoms with Gasteiger partial charge in [0.15, 0.2) is 0 Å². The summed E-state index contributed by atoms with van der Waals surface area (Å²) in [6, 6.07) is 0. The summed E-state index contributed by atoms with van der Waals surface area (Å²) >= 11 is 0. The van der Waals surface area contributed by atoms with Crippen molar-refractivity contribution in [2.45, 2.75) is 31.0 Å². The van der Waals surface area contributed by atoms with E-state index in [0.717, 1.165) is 19.4 Å². The second kappa shape index (κ2) is 3.92. The first kappa shape index (κ1) is 10.3. The van der Waals surface area contributed by atoms with Gasteiger partial charge in [0.25, 0.3) is 0 Å². The molecular weight excluding hydrogens is 178 g/mol. The zero-order chi connectivity index (χ0) is 7.73. The molecule has 1 spiro atoms. The summed E-state index contributed by atoms with van der Waals surface area (Å²) in [7, 11) is 0. The third-order valence-electron chi connectivity index (χ3n) is 2.61. The number of ether oxygens (including phenoxy) is 2. The third-order valence-corrected chi connectivity index (χ3v) is 2.61. The molecule has 72 valence electrons. The fourth-order valence-corrected chi connectivity index (χ4v) is 1.75. The molecular formula is C8H16ClNO2. The quantitative estimate of drug-likeness (QED) is 0.667. The zero-order valence-corrected chi connectivity index (χ0v) is 7.94. The number of halogens is 1. The van der Waals surface area contributed by atoms with E-state index in [1.54, 1.807) is 0 Å². The van der Waals surface area contributed by atoms with E-state index in [1.165, 1.54) is 6.42 Å². The molecule has 0 bridgehead atoms. The van der Waals surface area contributed by atoms with Crippen molar-refractivity contribution in [3.63, 3.8) is 0 Å². The van der Waals surface area contributed by atoms with Gasteiger partial charge in [0, 0.05) is 6.54 Å². The van der Waals surface area contributed by atoms with Crippen molar-refractivity contribution in [3.05, 3.63) is 0 Å². The molecule has 2 fully saturated rings. The molecule has 1 saturated carbocycles. The SMILES string of the molecule is Cl.NCC1COCC2(CCC2)O1. The number of nitrogens with two attached hydrogens (primary N) is 1. The summed E-state index contributed by atoms with van der Waals surface area (Å²) < 4.78 is 11.2. The lowest BCUT2D eigenvalue weighted by Crippen LogP contribution is -2.53. The maximum absolute atomic E-state index is 5.81. The van der Waals surface area contributed by atoms with E-state index in [4.69, 9.17) is 15.2 Å². The van der Waals surface area contributed by atoms with Gasteiger partial charge in [-0.2, -0.15) is 0 Å². The fraction of sp³-hybridized carbons (Fsp3) is 1.00. The Balaban J connectivity index is 0.000000720. The van der Waals surface area contributed by atoms with Crippen LogP contribution in [-0.2, 0) is 9.47 Å². The molecule has 12 heavy (non-hydrogen) atoms. The Kier molecular flexibility index (Phi) is 3.35. The minimum Gasteiger partial charge on any atom is -0.376 e. The summed E-state index contributed by atoms with van der Waals surface area (Å²) in [6.07, 6.45) is 3.73. The van der Waals surface area contributed by atoms with Crippen LogP contribution in [0, 0.1) is 0 Å². The Labute approximate surface area is 79.0 Å². The van der Waals surface area contributed by atoms with E-state index < -0.39 is 0 Å². The monoisotopic (exact) mass is 193 g/mol. The maximum atomic E-state index is 5.81. The van der Waals surface area contributed by atoms with Crippen LogP contribution < -0.4 is 5.73 Å². The fourth-order valence-electron chi connectivity index (χ4n) is 1.75. The van der Waals surface area contributed by atoms with Crippen LogP contribution in [0.2, 0.25) is 0 Å². The lowest BCUT2D eigenvalue weighted by atomic mass is 9.80. The predicted octanol–water partition coefficient (Wildman–Crippen LogP) is 0.705. The topological polar surface area (TPSA) is 44.5 Å². The van der Waals surface area contributed by atoms with Crippen molar-refractivity contribution >= 4 is 12.4 Å². The molecule has 0 aromatic rings. The number of rotatable bonds is 1. The molecule has 0 amide bonds. The van der Waals surface area contributed by atoms with Crippen LogP contribution in [-0.4, -0.2) is 31.5 Å². The smallest absolute Gasteiger partial charge is 0.0939 e. The molecule has 1 heterocycles. The standard InChI is InChI=1S/C8H15NO2.ClH/c9-4-7-5-10-6-8(11-7)2-1-3-8;/h7H,1-6,9H2;1H. The van der Waals surface area contributed by atoms with Crippen LogP contribution in [0.25, 0.3) is 0 Å². The van der Waals surface area contributed by atoms with Gasteiger partial charge in [0.05, 0.1) is 24.9 Å². The second-order valence-corrected chi connectivity index (χ2v) is 3.53. The highest BCUT2D eigenvalue weighted by Crippen LogP contribution is 2.38. The van der Waals surface area contributed by atoms with Crippen LogP contribution in [0.15, 0.2) is 0 Å². The summed E-state index contributed by atoms with van der Waals surface area (Å²) in [5, 5.41) is 0. The molecule has 2 aliphatic rings. The number of hydrogen-bond acceptors (Lipinski definition) is 3. The molecule has 1 atom stereocenters. The lowest BCUT2D eigenvalue weighted by molar-refractivity contribution is -0.225. The average molecular weight is 194 g/mol. The maximum Gasteiger partial charge on any atom is 0.0939 e. The van der Waals surface area contributed by atoms with Crippen molar-refractivity contribution in [2.75, 3.05) is 19.8 Å². The van der Waals surface area contributed by atoms with Crippen LogP contribution >= 0.6 is 12.4 Å². The normalized spacial score (nSPS) is 32.2. The second-order valence-electron chi connectivity index (χ2n) is 3.53. The van der Waals surface area contributed by atoms with Gasteiger partial charge in [-0.3, -0.25) is 0 Å². The largest absolute Gasteiger partial charge is 0.376 e. The first-order valence-electron chi connectivity index (χ1n) is 4.30. The van der Waals surface area contributed by atoms with Gasteiger partial charge in [-0.1, -0.05) is 0 Å². The summed E-state index contributed by atoms with van der Waals surface area (Å²) in [5.74, 6) is 0. The zero-order valence-electron chi connectivity index (χ0n) is 7.12. The summed E-state index contributed by atoms with van der Waals surface area (Å²) in [5.41, 5.74) is 5.57. The first-order valence-corrected chi connectivity index (χ1v) is 4.30. The van der Waals surface area contributed by atoms with Crippen LogP contribution in [0.4, 0.5) is 0 Å². The Morgan fingerprint density at radius 1 is 1.42 bits per heavy atom. The Morgan fingerprint density at radius 2 is 2.17 bits per heavy atom. The van der Waals surface area contributed by atoms with Crippen molar-refractivity contribution in [1.29, 1.82) is 0 Å². The molecule has 3 nitrogen and oxygen atoms in total.